The number of aromatic nitrogens is 1. The zero-order valence-electron chi connectivity index (χ0n) is 11.8. The molecule has 1 aromatic rings. The number of esters is 1. The number of ether oxygens (including phenoxy) is 1. The van der Waals surface area contributed by atoms with Gasteiger partial charge in [0.1, 0.15) is 12.3 Å². The number of hydrogen-bond acceptors (Lipinski definition) is 3. The fourth-order valence-electron chi connectivity index (χ4n) is 1.51. The first kappa shape index (κ1) is 15.2. The van der Waals surface area contributed by atoms with Crippen LogP contribution in [-0.4, -0.2) is 17.6 Å². The van der Waals surface area contributed by atoms with E-state index in [2.05, 4.69) is 24.9 Å². The summed E-state index contributed by atoms with van der Waals surface area (Å²) in [6.07, 6.45) is 7.75. The average Bonchev–Trinajstić information content (AvgIpc) is 2.39. The molecule has 3 nitrogen and oxygen atoms in total. The van der Waals surface area contributed by atoms with Gasteiger partial charge in [0.25, 0.3) is 0 Å². The second kappa shape index (κ2) is 8.25. The van der Waals surface area contributed by atoms with Gasteiger partial charge in [0, 0.05) is 6.20 Å². The van der Waals surface area contributed by atoms with Crippen molar-refractivity contribution in [3.05, 3.63) is 53.4 Å². The summed E-state index contributed by atoms with van der Waals surface area (Å²) in [5.74, 6) is -0.381. The van der Waals surface area contributed by atoms with Crippen LogP contribution < -0.4 is 0 Å². The van der Waals surface area contributed by atoms with E-state index in [1.807, 2.05) is 13.0 Å². The molecule has 1 heterocycles. The highest BCUT2D eigenvalue weighted by molar-refractivity contribution is 5.87. The minimum Gasteiger partial charge on any atom is -0.457 e. The Morgan fingerprint density at radius 1 is 1.26 bits per heavy atom. The molecular formula is C16H21NO2. The number of nitrogens with zero attached hydrogens (tertiary/aromatic N) is 1. The van der Waals surface area contributed by atoms with E-state index >= 15 is 0 Å². The first-order valence-corrected chi connectivity index (χ1v) is 6.46. The number of allylic oxidation sites excluding steroid dienone is 3. The number of rotatable bonds is 6. The summed E-state index contributed by atoms with van der Waals surface area (Å²) < 4.78 is 5.13. The zero-order chi connectivity index (χ0) is 14.1. The van der Waals surface area contributed by atoms with E-state index in [4.69, 9.17) is 4.74 Å². The van der Waals surface area contributed by atoms with Gasteiger partial charge in [-0.1, -0.05) is 23.3 Å². The van der Waals surface area contributed by atoms with Crippen LogP contribution in [0.25, 0.3) is 0 Å². The van der Waals surface area contributed by atoms with Crippen molar-refractivity contribution in [3.8, 4) is 0 Å². The van der Waals surface area contributed by atoms with Gasteiger partial charge in [0.15, 0.2) is 0 Å². The summed E-state index contributed by atoms with van der Waals surface area (Å²) >= 11 is 0. The molecule has 0 amide bonds. The van der Waals surface area contributed by atoms with Crippen molar-refractivity contribution in [2.75, 3.05) is 6.61 Å². The van der Waals surface area contributed by atoms with Crippen molar-refractivity contribution in [3.63, 3.8) is 0 Å². The minimum absolute atomic E-state index is 0.302. The number of carbonyl (C=O) groups excluding carboxylic acids is 1. The maximum absolute atomic E-state index is 11.6. The molecule has 0 atom stereocenters. The third-order valence-electron chi connectivity index (χ3n) is 2.61. The Morgan fingerprint density at radius 2 is 2.05 bits per heavy atom. The highest BCUT2D eigenvalue weighted by Crippen LogP contribution is 2.06. The SMILES string of the molecule is CC(C)=CCC/C(C)=C/COC(=O)c1ccccn1. The molecule has 0 saturated carbocycles. The Kier molecular flexibility index (Phi) is 6.58. The van der Waals surface area contributed by atoms with Crippen molar-refractivity contribution in [2.45, 2.75) is 33.6 Å². The summed E-state index contributed by atoms with van der Waals surface area (Å²) in [6.45, 7) is 6.53. The van der Waals surface area contributed by atoms with Gasteiger partial charge in [-0.2, -0.15) is 0 Å². The van der Waals surface area contributed by atoms with Crippen molar-refractivity contribution in [1.29, 1.82) is 0 Å². The fraction of sp³-hybridized carbons (Fsp3) is 0.375. The molecule has 0 saturated heterocycles. The smallest absolute Gasteiger partial charge is 0.357 e. The van der Waals surface area contributed by atoms with Gasteiger partial charge >= 0.3 is 5.97 Å². The molecule has 1 rings (SSSR count). The predicted molar refractivity (Wildman–Crippen MR) is 76.9 cm³/mol. The molecule has 102 valence electrons. The van der Waals surface area contributed by atoms with Crippen molar-refractivity contribution < 1.29 is 9.53 Å². The van der Waals surface area contributed by atoms with Crippen LogP contribution in [-0.2, 0) is 4.74 Å². The number of hydrogen-bond donors (Lipinski definition) is 0. The molecule has 0 N–H and O–H groups in total. The maximum atomic E-state index is 11.6. The Bertz CT molecular complexity index is 457. The molecule has 0 fully saturated rings. The standard InChI is InChI=1S/C16H21NO2/c1-13(2)7-6-8-14(3)10-12-19-16(18)15-9-4-5-11-17-15/h4-5,7,9-11H,6,8,12H2,1-3H3/b14-10+. The molecule has 0 aliphatic heterocycles. The Hall–Kier alpha value is -1.90. The first-order chi connectivity index (χ1) is 9.09. The van der Waals surface area contributed by atoms with E-state index in [0.717, 1.165) is 12.8 Å². The highest BCUT2D eigenvalue weighted by Gasteiger charge is 2.05. The fourth-order valence-corrected chi connectivity index (χ4v) is 1.51. The molecule has 0 aliphatic rings. The lowest BCUT2D eigenvalue weighted by Gasteiger charge is -2.02. The Labute approximate surface area is 115 Å². The quantitative estimate of drug-likeness (QED) is 0.574. The first-order valence-electron chi connectivity index (χ1n) is 6.46. The molecule has 0 aromatic carbocycles. The van der Waals surface area contributed by atoms with Gasteiger partial charge < -0.3 is 4.74 Å². The minimum atomic E-state index is -0.381. The zero-order valence-corrected chi connectivity index (χ0v) is 11.8. The summed E-state index contributed by atoms with van der Waals surface area (Å²) in [4.78, 5) is 15.5. The van der Waals surface area contributed by atoms with Gasteiger partial charge in [-0.25, -0.2) is 9.78 Å². The molecule has 3 heteroatoms. The Balaban J connectivity index is 2.33. The lowest BCUT2D eigenvalue weighted by atomic mass is 10.1. The number of pyridine rings is 1. The van der Waals surface area contributed by atoms with Crippen LogP contribution in [0.4, 0.5) is 0 Å². The third-order valence-corrected chi connectivity index (χ3v) is 2.61. The van der Waals surface area contributed by atoms with E-state index in [1.165, 1.54) is 11.1 Å². The summed E-state index contributed by atoms with van der Waals surface area (Å²) in [7, 11) is 0. The van der Waals surface area contributed by atoms with E-state index in [-0.39, 0.29) is 5.97 Å². The van der Waals surface area contributed by atoms with E-state index in [0.29, 0.717) is 12.3 Å². The van der Waals surface area contributed by atoms with Gasteiger partial charge in [-0.15, -0.1) is 0 Å². The molecule has 0 aliphatic carbocycles. The van der Waals surface area contributed by atoms with Crippen LogP contribution in [0, 0.1) is 0 Å². The van der Waals surface area contributed by atoms with Gasteiger partial charge in [-0.3, -0.25) is 0 Å². The van der Waals surface area contributed by atoms with E-state index < -0.39 is 0 Å². The molecule has 0 bridgehead atoms. The van der Waals surface area contributed by atoms with Gasteiger partial charge in [0.05, 0.1) is 0 Å². The summed E-state index contributed by atoms with van der Waals surface area (Å²) in [6, 6.07) is 5.18. The normalized spacial score (nSPS) is 11.0. The van der Waals surface area contributed by atoms with Crippen molar-refractivity contribution >= 4 is 5.97 Å². The van der Waals surface area contributed by atoms with Crippen molar-refractivity contribution in [2.24, 2.45) is 0 Å². The third kappa shape index (κ3) is 6.55. The monoisotopic (exact) mass is 259 g/mol. The Morgan fingerprint density at radius 3 is 2.68 bits per heavy atom. The topological polar surface area (TPSA) is 39.2 Å². The maximum Gasteiger partial charge on any atom is 0.357 e. The second-order valence-electron chi connectivity index (χ2n) is 4.68. The van der Waals surface area contributed by atoms with Crippen LogP contribution in [0.15, 0.2) is 47.7 Å². The van der Waals surface area contributed by atoms with Crippen LogP contribution in [0.2, 0.25) is 0 Å². The largest absolute Gasteiger partial charge is 0.457 e. The average molecular weight is 259 g/mol. The highest BCUT2D eigenvalue weighted by atomic mass is 16.5. The lowest BCUT2D eigenvalue weighted by molar-refractivity contribution is 0.0542. The molecule has 0 unspecified atom stereocenters. The van der Waals surface area contributed by atoms with E-state index in [1.54, 1.807) is 24.4 Å². The predicted octanol–water partition coefficient (Wildman–Crippen LogP) is 3.93. The number of carbonyl (C=O) groups is 1. The molecule has 0 radical (unpaired) electrons. The molecule has 0 spiro atoms. The van der Waals surface area contributed by atoms with Gasteiger partial charge in [0.2, 0.25) is 0 Å². The van der Waals surface area contributed by atoms with Crippen LogP contribution >= 0.6 is 0 Å². The molecular weight excluding hydrogens is 238 g/mol. The summed E-state index contributed by atoms with van der Waals surface area (Å²) in [5.41, 5.74) is 2.90. The summed E-state index contributed by atoms with van der Waals surface area (Å²) in [5, 5.41) is 0. The van der Waals surface area contributed by atoms with Crippen LogP contribution in [0.1, 0.15) is 44.1 Å². The van der Waals surface area contributed by atoms with Gasteiger partial charge in [-0.05, 0) is 51.8 Å². The van der Waals surface area contributed by atoms with Crippen LogP contribution in [0.5, 0.6) is 0 Å². The second-order valence-corrected chi connectivity index (χ2v) is 4.68. The molecule has 19 heavy (non-hydrogen) atoms. The van der Waals surface area contributed by atoms with E-state index in [9.17, 15) is 4.79 Å². The van der Waals surface area contributed by atoms with Crippen LogP contribution in [0.3, 0.4) is 0 Å². The molecule has 1 aromatic heterocycles. The lowest BCUT2D eigenvalue weighted by Crippen LogP contribution is -2.07. The van der Waals surface area contributed by atoms with Crippen molar-refractivity contribution in [1.82, 2.24) is 4.98 Å².